The van der Waals surface area contributed by atoms with Gasteiger partial charge in [-0.05, 0) is 6.42 Å². The van der Waals surface area contributed by atoms with Crippen molar-refractivity contribution in [1.82, 2.24) is 35.1 Å². The summed E-state index contributed by atoms with van der Waals surface area (Å²) in [5.41, 5.74) is 0.392. The molecule has 3 heterocycles. The molecular weight excluding hydrogens is 258 g/mol. The number of hydrogen-bond donors (Lipinski definition) is 1. The first-order valence-electron chi connectivity index (χ1n) is 6.80. The van der Waals surface area contributed by atoms with Crippen molar-refractivity contribution in [3.8, 4) is 0 Å². The number of rotatable bonds is 6. The van der Waals surface area contributed by atoms with Gasteiger partial charge in [0.25, 0.3) is 0 Å². The molecular formula is C12H17N7O. The average molecular weight is 275 g/mol. The number of Topliss-reactive ketones (excluding diaryl/α,β-unsaturated/α-hetero) is 1. The second-order valence-corrected chi connectivity index (χ2v) is 4.90. The maximum atomic E-state index is 12.2. The lowest BCUT2D eigenvalue weighted by molar-refractivity contribution is 0.0984. The smallest absolute Gasteiger partial charge is 0.192 e. The van der Waals surface area contributed by atoms with E-state index in [0.29, 0.717) is 17.6 Å². The highest BCUT2D eigenvalue weighted by molar-refractivity contribution is 5.94. The van der Waals surface area contributed by atoms with Gasteiger partial charge in [0.1, 0.15) is 17.8 Å². The van der Waals surface area contributed by atoms with E-state index in [1.165, 1.54) is 6.33 Å². The lowest BCUT2D eigenvalue weighted by Gasteiger charge is -2.26. The Kier molecular flexibility index (Phi) is 3.55. The molecule has 0 bridgehead atoms. The molecule has 1 fully saturated rings. The van der Waals surface area contributed by atoms with Crippen molar-refractivity contribution in [3.63, 3.8) is 0 Å². The Hall–Kier alpha value is -2.09. The lowest BCUT2D eigenvalue weighted by Crippen LogP contribution is -2.43. The van der Waals surface area contributed by atoms with E-state index in [-0.39, 0.29) is 12.2 Å². The van der Waals surface area contributed by atoms with Gasteiger partial charge in [0.05, 0.1) is 18.7 Å². The van der Waals surface area contributed by atoms with E-state index >= 15 is 0 Å². The zero-order valence-corrected chi connectivity index (χ0v) is 11.4. The summed E-state index contributed by atoms with van der Waals surface area (Å²) in [4.78, 5) is 16.3. The van der Waals surface area contributed by atoms with Crippen molar-refractivity contribution < 1.29 is 4.79 Å². The van der Waals surface area contributed by atoms with E-state index in [1.54, 1.807) is 15.6 Å². The zero-order chi connectivity index (χ0) is 13.9. The molecule has 0 radical (unpaired) electrons. The number of nitrogens with zero attached hydrogens (tertiary/aromatic N) is 6. The summed E-state index contributed by atoms with van der Waals surface area (Å²) in [6.45, 7) is 4.58. The van der Waals surface area contributed by atoms with Crippen molar-refractivity contribution >= 4 is 5.78 Å². The Balaban J connectivity index is 1.69. The van der Waals surface area contributed by atoms with Gasteiger partial charge in [0.2, 0.25) is 0 Å². The van der Waals surface area contributed by atoms with Crippen LogP contribution < -0.4 is 5.32 Å². The van der Waals surface area contributed by atoms with Gasteiger partial charge in [-0.15, -0.1) is 5.10 Å². The Bertz CT molecular complexity index is 598. The van der Waals surface area contributed by atoms with Gasteiger partial charge in [-0.1, -0.05) is 12.1 Å². The van der Waals surface area contributed by atoms with E-state index in [1.807, 2.05) is 0 Å². The first-order chi connectivity index (χ1) is 9.78. The molecule has 0 aliphatic carbocycles. The van der Waals surface area contributed by atoms with Gasteiger partial charge in [0, 0.05) is 19.6 Å². The van der Waals surface area contributed by atoms with Gasteiger partial charge >= 0.3 is 0 Å². The summed E-state index contributed by atoms with van der Waals surface area (Å²) in [5, 5.41) is 15.2. The molecule has 2 aromatic heterocycles. The van der Waals surface area contributed by atoms with Crippen LogP contribution in [0.4, 0.5) is 0 Å². The molecule has 0 aromatic carbocycles. The number of carbonyl (C=O) groups excluding carboxylic acids is 1. The van der Waals surface area contributed by atoms with Crippen LogP contribution in [0.3, 0.4) is 0 Å². The highest BCUT2D eigenvalue weighted by Crippen LogP contribution is 2.11. The van der Waals surface area contributed by atoms with Crippen molar-refractivity contribution in [2.24, 2.45) is 0 Å². The maximum Gasteiger partial charge on any atom is 0.192 e. The van der Waals surface area contributed by atoms with Gasteiger partial charge < -0.3 is 5.32 Å². The van der Waals surface area contributed by atoms with Crippen molar-refractivity contribution in [3.05, 3.63) is 24.0 Å². The molecule has 0 atom stereocenters. The van der Waals surface area contributed by atoms with E-state index in [9.17, 15) is 4.79 Å². The fourth-order valence-electron chi connectivity index (χ4n) is 2.10. The molecule has 2 aromatic rings. The minimum absolute atomic E-state index is 0.0751. The van der Waals surface area contributed by atoms with Crippen LogP contribution in [-0.2, 0) is 13.0 Å². The Morgan fingerprint density at radius 3 is 3.05 bits per heavy atom. The van der Waals surface area contributed by atoms with Crippen LogP contribution in [-0.4, -0.2) is 48.6 Å². The summed E-state index contributed by atoms with van der Waals surface area (Å²) in [6, 6.07) is 0.313. The van der Waals surface area contributed by atoms with Gasteiger partial charge in [-0.2, -0.15) is 5.10 Å². The van der Waals surface area contributed by atoms with E-state index < -0.39 is 0 Å². The van der Waals surface area contributed by atoms with Gasteiger partial charge in [0.15, 0.2) is 5.78 Å². The van der Waals surface area contributed by atoms with Gasteiger partial charge in [-0.25, -0.2) is 14.3 Å². The quantitative estimate of drug-likeness (QED) is 0.737. The van der Waals surface area contributed by atoms with Gasteiger partial charge in [-0.3, -0.25) is 4.79 Å². The molecule has 20 heavy (non-hydrogen) atoms. The van der Waals surface area contributed by atoms with E-state index in [0.717, 1.165) is 26.1 Å². The normalized spacial score (nSPS) is 15.2. The largest absolute Gasteiger partial charge is 0.312 e. The topological polar surface area (TPSA) is 90.5 Å². The number of ketones is 1. The van der Waals surface area contributed by atoms with Crippen LogP contribution in [0, 0.1) is 0 Å². The van der Waals surface area contributed by atoms with Crippen LogP contribution in [0.5, 0.6) is 0 Å². The van der Waals surface area contributed by atoms with Crippen LogP contribution in [0.2, 0.25) is 0 Å². The number of aryl methyl sites for hydroxylation is 1. The zero-order valence-electron chi connectivity index (χ0n) is 11.4. The second-order valence-electron chi connectivity index (χ2n) is 4.90. The molecule has 8 heteroatoms. The summed E-state index contributed by atoms with van der Waals surface area (Å²) in [5.74, 6) is 0.602. The standard InChI is InChI=1S/C12H17N7O/c1-2-3-18-12(14-8-15-18)4-11(20)10-7-19(17-16-10)9-5-13-6-9/h7-9,13H,2-6H2,1H3. The molecule has 0 saturated carbocycles. The Labute approximate surface area is 116 Å². The number of aromatic nitrogens is 6. The third-order valence-corrected chi connectivity index (χ3v) is 3.38. The van der Waals surface area contributed by atoms with E-state index in [4.69, 9.17) is 0 Å². The first kappa shape index (κ1) is 12.9. The number of nitrogens with one attached hydrogen (secondary N) is 1. The lowest BCUT2D eigenvalue weighted by atomic mass is 10.2. The van der Waals surface area contributed by atoms with Crippen molar-refractivity contribution in [2.75, 3.05) is 13.1 Å². The van der Waals surface area contributed by atoms with Crippen molar-refractivity contribution in [1.29, 1.82) is 0 Å². The molecule has 0 amide bonds. The van der Waals surface area contributed by atoms with Crippen LogP contribution in [0.15, 0.2) is 12.5 Å². The maximum absolute atomic E-state index is 12.2. The van der Waals surface area contributed by atoms with Crippen LogP contribution >= 0.6 is 0 Å². The summed E-state index contributed by atoms with van der Waals surface area (Å²) in [7, 11) is 0. The molecule has 106 valence electrons. The average Bonchev–Trinajstić information content (AvgIpc) is 2.98. The molecule has 0 spiro atoms. The van der Waals surface area contributed by atoms with Crippen LogP contribution in [0.25, 0.3) is 0 Å². The SMILES string of the molecule is CCCn1ncnc1CC(=O)c1cn(C2CNC2)nn1. The number of hydrogen-bond acceptors (Lipinski definition) is 6. The molecule has 1 aliphatic heterocycles. The fraction of sp³-hybridized carbons (Fsp3) is 0.583. The third kappa shape index (κ3) is 2.46. The van der Waals surface area contributed by atoms with E-state index in [2.05, 4.69) is 32.6 Å². The summed E-state index contributed by atoms with van der Waals surface area (Å²) >= 11 is 0. The Morgan fingerprint density at radius 1 is 1.50 bits per heavy atom. The molecule has 3 rings (SSSR count). The minimum Gasteiger partial charge on any atom is -0.312 e. The Morgan fingerprint density at radius 2 is 2.35 bits per heavy atom. The molecule has 1 N–H and O–H groups in total. The highest BCUT2D eigenvalue weighted by atomic mass is 16.1. The number of carbonyl (C=O) groups is 1. The minimum atomic E-state index is -0.0751. The molecule has 8 nitrogen and oxygen atoms in total. The monoisotopic (exact) mass is 275 g/mol. The molecule has 1 saturated heterocycles. The second kappa shape index (κ2) is 5.49. The molecule has 1 aliphatic rings. The first-order valence-corrected chi connectivity index (χ1v) is 6.80. The highest BCUT2D eigenvalue weighted by Gasteiger charge is 2.22. The third-order valence-electron chi connectivity index (χ3n) is 3.38. The summed E-state index contributed by atoms with van der Waals surface area (Å²) in [6.07, 6.45) is 4.36. The predicted molar refractivity (Wildman–Crippen MR) is 70.3 cm³/mol. The fourth-order valence-corrected chi connectivity index (χ4v) is 2.10. The van der Waals surface area contributed by atoms with Crippen molar-refractivity contribution in [2.45, 2.75) is 32.4 Å². The van der Waals surface area contributed by atoms with Crippen LogP contribution in [0.1, 0.15) is 35.7 Å². The molecule has 0 unspecified atom stereocenters. The summed E-state index contributed by atoms with van der Waals surface area (Å²) < 4.78 is 3.51. The predicted octanol–water partition coefficient (Wildman–Crippen LogP) is -0.151.